The molecule has 14 heteroatoms. The van der Waals surface area contributed by atoms with E-state index in [-0.39, 0.29) is 25.9 Å². The van der Waals surface area contributed by atoms with Gasteiger partial charge in [0.1, 0.15) is 30.7 Å². The van der Waals surface area contributed by atoms with Crippen LogP contribution in [0.25, 0.3) is 0 Å². The van der Waals surface area contributed by atoms with Crippen LogP contribution >= 0.6 is 0 Å². The summed E-state index contributed by atoms with van der Waals surface area (Å²) in [6.45, 7) is 5.99. The Balaban J connectivity index is 2.72. The number of aliphatic hydroxyl groups excluding tert-OH is 2. The molecular weight excluding hydrogens is 973 g/mol. The van der Waals surface area contributed by atoms with Gasteiger partial charge in [-0.2, -0.15) is 8.42 Å². The molecule has 0 radical (unpaired) electrons. The second-order valence-corrected chi connectivity index (χ2v) is 23.7. The lowest BCUT2D eigenvalue weighted by atomic mass is 9.99. The molecule has 6 atom stereocenters. The normalized spacial score (nSPS) is 18.3. The van der Waals surface area contributed by atoms with Gasteiger partial charge in [-0.3, -0.25) is 18.9 Å². The highest BCUT2D eigenvalue weighted by molar-refractivity contribution is 7.85. The molecule has 0 amide bonds. The van der Waals surface area contributed by atoms with E-state index in [0.717, 1.165) is 64.2 Å². The first kappa shape index (κ1) is 71.2. The maximum absolute atomic E-state index is 13.2. The predicted octanol–water partition coefficient (Wildman–Crippen LogP) is 15.7. The summed E-state index contributed by atoms with van der Waals surface area (Å²) in [4.78, 5) is 39.2. The Morgan fingerprint density at radius 1 is 0.427 bits per heavy atom. The summed E-state index contributed by atoms with van der Waals surface area (Å²) in [7, 11) is -4.68. The van der Waals surface area contributed by atoms with Gasteiger partial charge in [0.25, 0.3) is 10.1 Å². The standard InChI is InChI=1S/C61H116O13S/c1-4-7-10-13-16-19-22-25-26-27-28-31-34-37-40-43-46-49-57(64)74-60-59(66)58(65)54(52-75(67,68)69)73-61(60)71-51-53(72-56(63)48-45-42-39-36-33-30-24-21-18-15-12-9-6-3)50-70-55(62)47-44-41-38-35-32-29-23-20-17-14-11-8-5-2/h53-54,58-61,65-66H,4-52H2,1-3H3,(H,67,68,69)/t53?,54-,58-,59+,60-,61+/m1/s1. The van der Waals surface area contributed by atoms with Gasteiger partial charge >= 0.3 is 17.9 Å². The fraction of sp³-hybridized carbons (Fsp3) is 0.951. The van der Waals surface area contributed by atoms with Crippen LogP contribution in [0.15, 0.2) is 0 Å². The number of hydrogen-bond donors (Lipinski definition) is 3. The van der Waals surface area contributed by atoms with Crippen molar-refractivity contribution in [1.29, 1.82) is 0 Å². The fourth-order valence-corrected chi connectivity index (χ4v) is 10.8. The number of esters is 3. The van der Waals surface area contributed by atoms with E-state index >= 15 is 0 Å². The molecule has 75 heavy (non-hydrogen) atoms. The van der Waals surface area contributed by atoms with Crippen molar-refractivity contribution in [2.24, 2.45) is 0 Å². The highest BCUT2D eigenvalue weighted by Gasteiger charge is 2.48. The smallest absolute Gasteiger partial charge is 0.306 e. The third-order valence-corrected chi connectivity index (χ3v) is 15.7. The summed E-state index contributed by atoms with van der Waals surface area (Å²) in [6, 6.07) is 0. The molecule has 1 unspecified atom stereocenters. The topological polar surface area (TPSA) is 192 Å². The zero-order valence-electron chi connectivity index (χ0n) is 48.4. The number of rotatable bonds is 55. The van der Waals surface area contributed by atoms with E-state index in [0.29, 0.717) is 19.3 Å². The van der Waals surface area contributed by atoms with Crippen LogP contribution in [0.2, 0.25) is 0 Å². The van der Waals surface area contributed by atoms with Crippen LogP contribution in [0.4, 0.5) is 0 Å². The van der Waals surface area contributed by atoms with E-state index in [4.69, 9.17) is 23.7 Å². The molecule has 1 heterocycles. The van der Waals surface area contributed by atoms with Gasteiger partial charge in [-0.25, -0.2) is 0 Å². The maximum Gasteiger partial charge on any atom is 0.306 e. The summed E-state index contributed by atoms with van der Waals surface area (Å²) in [5, 5.41) is 22.0. The number of carbonyl (C=O) groups is 3. The molecule has 0 aliphatic carbocycles. The number of unbranched alkanes of at least 4 members (excludes halogenated alkanes) is 40. The van der Waals surface area contributed by atoms with Gasteiger partial charge in [-0.15, -0.1) is 0 Å². The molecule has 1 saturated heterocycles. The number of ether oxygens (including phenoxy) is 5. The Labute approximate surface area is 459 Å². The lowest BCUT2D eigenvalue weighted by Crippen LogP contribution is -2.61. The second kappa shape index (κ2) is 50.4. The molecule has 0 aromatic rings. The van der Waals surface area contributed by atoms with Crippen molar-refractivity contribution in [1.82, 2.24) is 0 Å². The Bertz CT molecular complexity index is 1430. The Morgan fingerprint density at radius 3 is 1.07 bits per heavy atom. The summed E-state index contributed by atoms with van der Waals surface area (Å²) < 4.78 is 62.2. The molecular formula is C61H116O13S. The molecule has 444 valence electrons. The SMILES string of the molecule is CCCCCCCCCCCCCCCCCCCC(=O)O[C@H]1[C@@H](OCC(COC(=O)CCCCCCCCCCCCCCC)OC(=O)CCCCCCCCCCCCCCC)O[C@H](CS(=O)(=O)O)[C@@H](O)[C@@H]1O. The Kier molecular flexibility index (Phi) is 47.8. The summed E-state index contributed by atoms with van der Waals surface area (Å²) >= 11 is 0. The first-order chi connectivity index (χ1) is 36.4. The van der Waals surface area contributed by atoms with Crippen molar-refractivity contribution in [2.45, 2.75) is 353 Å². The quantitative estimate of drug-likeness (QED) is 0.0226. The van der Waals surface area contributed by atoms with E-state index in [9.17, 15) is 37.6 Å². The van der Waals surface area contributed by atoms with Crippen molar-refractivity contribution in [3.05, 3.63) is 0 Å². The van der Waals surface area contributed by atoms with Crippen LogP contribution in [0.5, 0.6) is 0 Å². The Morgan fingerprint density at radius 2 is 0.733 bits per heavy atom. The zero-order chi connectivity index (χ0) is 54.9. The van der Waals surface area contributed by atoms with Crippen molar-refractivity contribution < 1.29 is 61.3 Å². The van der Waals surface area contributed by atoms with Gasteiger partial charge in [0.15, 0.2) is 18.5 Å². The van der Waals surface area contributed by atoms with Crippen LogP contribution < -0.4 is 0 Å². The van der Waals surface area contributed by atoms with E-state index in [1.54, 1.807) is 0 Å². The average molecular weight is 1090 g/mol. The second-order valence-electron chi connectivity index (χ2n) is 22.2. The van der Waals surface area contributed by atoms with Gasteiger partial charge < -0.3 is 33.9 Å². The third kappa shape index (κ3) is 43.7. The molecule has 0 bridgehead atoms. The van der Waals surface area contributed by atoms with Crippen molar-refractivity contribution in [3.8, 4) is 0 Å². The molecule has 1 aliphatic heterocycles. The van der Waals surface area contributed by atoms with Gasteiger partial charge in [-0.05, 0) is 19.3 Å². The summed E-state index contributed by atoms with van der Waals surface area (Å²) in [5.74, 6) is -2.65. The highest BCUT2D eigenvalue weighted by Crippen LogP contribution is 2.27. The van der Waals surface area contributed by atoms with E-state index in [2.05, 4.69) is 20.8 Å². The molecule has 3 N–H and O–H groups in total. The first-order valence-corrected chi connectivity index (χ1v) is 33.2. The van der Waals surface area contributed by atoms with Crippen LogP contribution in [0, 0.1) is 0 Å². The minimum Gasteiger partial charge on any atom is -0.462 e. The molecule has 1 rings (SSSR count). The maximum atomic E-state index is 13.2. The summed E-state index contributed by atoms with van der Waals surface area (Å²) in [5.41, 5.74) is 0. The van der Waals surface area contributed by atoms with Gasteiger partial charge in [0, 0.05) is 19.3 Å². The van der Waals surface area contributed by atoms with Gasteiger partial charge in [0.2, 0.25) is 0 Å². The van der Waals surface area contributed by atoms with Gasteiger partial charge in [-0.1, -0.05) is 278 Å². The number of carbonyl (C=O) groups excluding carboxylic acids is 3. The van der Waals surface area contributed by atoms with E-state index in [1.807, 2.05) is 0 Å². The zero-order valence-corrected chi connectivity index (χ0v) is 49.3. The van der Waals surface area contributed by atoms with Crippen LogP contribution in [0.3, 0.4) is 0 Å². The van der Waals surface area contributed by atoms with Crippen LogP contribution in [0.1, 0.15) is 316 Å². The van der Waals surface area contributed by atoms with Crippen molar-refractivity contribution in [2.75, 3.05) is 19.0 Å². The lowest BCUT2D eigenvalue weighted by molar-refractivity contribution is -0.300. The molecule has 0 aromatic carbocycles. The van der Waals surface area contributed by atoms with Crippen molar-refractivity contribution >= 4 is 28.0 Å². The molecule has 1 fully saturated rings. The van der Waals surface area contributed by atoms with E-state index in [1.165, 1.54) is 193 Å². The molecule has 13 nitrogen and oxygen atoms in total. The van der Waals surface area contributed by atoms with Gasteiger partial charge in [0.05, 0.1) is 6.61 Å². The average Bonchev–Trinajstić information content (AvgIpc) is 3.38. The highest BCUT2D eigenvalue weighted by atomic mass is 32.2. The third-order valence-electron chi connectivity index (χ3n) is 14.9. The largest absolute Gasteiger partial charge is 0.462 e. The van der Waals surface area contributed by atoms with Crippen LogP contribution in [-0.4, -0.2) is 96.9 Å². The molecule has 1 aliphatic rings. The Hall–Kier alpha value is -1.84. The molecule has 0 saturated carbocycles. The van der Waals surface area contributed by atoms with E-state index < -0.39 is 77.2 Å². The minimum absolute atomic E-state index is 0.0493. The van der Waals surface area contributed by atoms with Crippen LogP contribution in [-0.2, 0) is 48.2 Å². The first-order valence-electron chi connectivity index (χ1n) is 31.5. The predicted molar refractivity (Wildman–Crippen MR) is 303 cm³/mol. The minimum atomic E-state index is -4.68. The molecule has 0 aromatic heterocycles. The fourth-order valence-electron chi connectivity index (χ4n) is 10.1. The monoisotopic (exact) mass is 1090 g/mol. The van der Waals surface area contributed by atoms with Crippen molar-refractivity contribution in [3.63, 3.8) is 0 Å². The number of hydrogen-bond acceptors (Lipinski definition) is 12. The molecule has 0 spiro atoms. The summed E-state index contributed by atoms with van der Waals surface area (Å²) in [6.07, 6.45) is 41.8. The number of aliphatic hydroxyl groups is 2. The lowest BCUT2D eigenvalue weighted by Gasteiger charge is -2.41.